The minimum Gasteiger partial charge on any atom is -0.489 e. The molecular formula is C21H23ClF3N5O3. The van der Waals surface area contributed by atoms with Gasteiger partial charge in [0, 0.05) is 38.9 Å². The summed E-state index contributed by atoms with van der Waals surface area (Å²) < 4.78 is 45.3. The van der Waals surface area contributed by atoms with E-state index in [1.807, 2.05) is 12.1 Å². The summed E-state index contributed by atoms with van der Waals surface area (Å²) in [5, 5.41) is 13.5. The molecule has 0 unspecified atom stereocenters. The first-order valence-corrected chi connectivity index (χ1v) is 10.9. The average Bonchev–Trinajstić information content (AvgIpc) is 2.77. The normalized spacial score (nSPS) is 14.8. The van der Waals surface area contributed by atoms with Gasteiger partial charge in [-0.3, -0.25) is 9.36 Å². The Bertz CT molecular complexity index is 1120. The topological polar surface area (TPSA) is 93.2 Å². The van der Waals surface area contributed by atoms with Crippen LogP contribution in [0.25, 0.3) is 0 Å². The van der Waals surface area contributed by atoms with E-state index in [0.717, 1.165) is 9.25 Å². The standard InChI is InChI=1S/C21H23ClF3N5O3/c22-16-5-1-2-6-17(16)33-15-7-13-28(14-8-15)18-19(31)29(11-3-9-21(23,24)25)20(32)30(27-18)12-4-10-26/h1-2,5-6,15H,3-4,7-9,11-14H2. The van der Waals surface area contributed by atoms with Crippen LogP contribution in [0.4, 0.5) is 19.0 Å². The fraction of sp³-hybridized carbons (Fsp3) is 0.524. The van der Waals surface area contributed by atoms with Gasteiger partial charge in [0.1, 0.15) is 11.9 Å². The first kappa shape index (κ1) is 24.6. The second-order valence-electron chi connectivity index (χ2n) is 7.65. The summed E-state index contributed by atoms with van der Waals surface area (Å²) in [7, 11) is 0. The molecule has 0 spiro atoms. The van der Waals surface area contributed by atoms with Gasteiger partial charge in [-0.25, -0.2) is 9.48 Å². The summed E-state index contributed by atoms with van der Waals surface area (Å²) in [5.41, 5.74) is -1.56. The van der Waals surface area contributed by atoms with E-state index in [9.17, 15) is 22.8 Å². The Kier molecular flexibility index (Phi) is 8.02. The highest BCUT2D eigenvalue weighted by molar-refractivity contribution is 6.32. The first-order chi connectivity index (χ1) is 15.7. The number of rotatable bonds is 8. The molecule has 8 nitrogen and oxygen atoms in total. The van der Waals surface area contributed by atoms with Crippen molar-refractivity contribution in [2.24, 2.45) is 0 Å². The molecule has 0 aliphatic carbocycles. The number of aryl methyl sites for hydroxylation is 1. The van der Waals surface area contributed by atoms with Gasteiger partial charge in [-0.1, -0.05) is 23.7 Å². The molecule has 1 aromatic carbocycles. The predicted octanol–water partition coefficient (Wildman–Crippen LogP) is 3.36. The minimum atomic E-state index is -4.39. The summed E-state index contributed by atoms with van der Waals surface area (Å²) in [6.45, 7) is 0.353. The largest absolute Gasteiger partial charge is 0.489 e. The number of aromatic nitrogens is 3. The van der Waals surface area contributed by atoms with E-state index in [2.05, 4.69) is 5.10 Å². The number of hydrogen-bond donors (Lipinski definition) is 0. The Hall–Kier alpha value is -3.00. The van der Waals surface area contributed by atoms with Crippen molar-refractivity contribution >= 4 is 17.4 Å². The Morgan fingerprint density at radius 1 is 1.18 bits per heavy atom. The van der Waals surface area contributed by atoms with Gasteiger partial charge in [-0.05, 0) is 18.6 Å². The third-order valence-electron chi connectivity index (χ3n) is 5.25. The molecule has 1 aliphatic heterocycles. The Balaban J connectivity index is 1.78. The highest BCUT2D eigenvalue weighted by Gasteiger charge is 2.28. The van der Waals surface area contributed by atoms with Crippen LogP contribution in [0.5, 0.6) is 5.75 Å². The van der Waals surface area contributed by atoms with Crippen LogP contribution in [0.2, 0.25) is 5.02 Å². The lowest BCUT2D eigenvalue weighted by atomic mass is 10.1. The summed E-state index contributed by atoms with van der Waals surface area (Å²) in [5.74, 6) is 0.545. The van der Waals surface area contributed by atoms with Gasteiger partial charge in [-0.2, -0.15) is 18.4 Å². The summed E-state index contributed by atoms with van der Waals surface area (Å²) in [4.78, 5) is 27.2. The number of para-hydroxylation sites is 1. The maximum atomic E-state index is 12.9. The molecule has 2 aromatic rings. The lowest BCUT2D eigenvalue weighted by molar-refractivity contribution is -0.136. The number of benzene rings is 1. The lowest BCUT2D eigenvalue weighted by Crippen LogP contribution is -2.48. The van der Waals surface area contributed by atoms with Crippen molar-refractivity contribution < 1.29 is 17.9 Å². The molecule has 178 valence electrons. The van der Waals surface area contributed by atoms with Crippen LogP contribution in [0.1, 0.15) is 32.1 Å². The number of hydrogen-bond acceptors (Lipinski definition) is 6. The number of nitriles is 1. The highest BCUT2D eigenvalue weighted by Crippen LogP contribution is 2.27. The zero-order chi connectivity index (χ0) is 24.0. The monoisotopic (exact) mass is 485 g/mol. The van der Waals surface area contributed by atoms with Crippen LogP contribution in [0.3, 0.4) is 0 Å². The molecule has 0 radical (unpaired) electrons. The molecule has 0 atom stereocenters. The van der Waals surface area contributed by atoms with Crippen molar-refractivity contribution in [2.75, 3.05) is 18.0 Å². The van der Waals surface area contributed by atoms with Gasteiger partial charge >= 0.3 is 11.9 Å². The second-order valence-corrected chi connectivity index (χ2v) is 8.05. The average molecular weight is 486 g/mol. The maximum absolute atomic E-state index is 12.9. The smallest absolute Gasteiger partial charge is 0.389 e. The number of piperidine rings is 1. The summed E-state index contributed by atoms with van der Waals surface area (Å²) in [6.07, 6.45) is -4.97. The Labute approximate surface area is 192 Å². The van der Waals surface area contributed by atoms with Crippen molar-refractivity contribution in [3.8, 4) is 11.8 Å². The highest BCUT2D eigenvalue weighted by atomic mass is 35.5. The van der Waals surface area contributed by atoms with Crippen LogP contribution in [0.15, 0.2) is 33.9 Å². The lowest BCUT2D eigenvalue weighted by Gasteiger charge is -2.32. The third-order valence-corrected chi connectivity index (χ3v) is 5.57. The van der Waals surface area contributed by atoms with Gasteiger partial charge in [0.15, 0.2) is 0 Å². The fourth-order valence-corrected chi connectivity index (χ4v) is 3.77. The van der Waals surface area contributed by atoms with Crippen LogP contribution in [0, 0.1) is 11.3 Å². The summed E-state index contributed by atoms with van der Waals surface area (Å²) >= 11 is 6.13. The quantitative estimate of drug-likeness (QED) is 0.569. The molecule has 1 aliphatic rings. The molecule has 0 bridgehead atoms. The molecule has 0 amide bonds. The van der Waals surface area contributed by atoms with Crippen molar-refractivity contribution in [3.05, 3.63) is 50.1 Å². The first-order valence-electron chi connectivity index (χ1n) is 10.5. The molecule has 0 saturated carbocycles. The van der Waals surface area contributed by atoms with Crippen molar-refractivity contribution in [1.29, 1.82) is 5.26 Å². The summed E-state index contributed by atoms with van der Waals surface area (Å²) in [6, 6.07) is 8.99. The molecule has 12 heteroatoms. The zero-order valence-corrected chi connectivity index (χ0v) is 18.5. The van der Waals surface area contributed by atoms with E-state index >= 15 is 0 Å². The van der Waals surface area contributed by atoms with E-state index in [-0.39, 0.29) is 31.4 Å². The van der Waals surface area contributed by atoms with Gasteiger partial charge in [0.05, 0.1) is 24.1 Å². The van der Waals surface area contributed by atoms with Crippen LogP contribution >= 0.6 is 11.6 Å². The van der Waals surface area contributed by atoms with Gasteiger partial charge in [-0.15, -0.1) is 5.10 Å². The molecule has 3 rings (SSSR count). The number of anilines is 1. The molecule has 1 aromatic heterocycles. The molecule has 33 heavy (non-hydrogen) atoms. The van der Waals surface area contributed by atoms with Gasteiger partial charge in [0.2, 0.25) is 5.82 Å². The molecule has 1 saturated heterocycles. The molecule has 0 N–H and O–H groups in total. The van der Waals surface area contributed by atoms with E-state index < -0.39 is 30.3 Å². The molecule has 2 heterocycles. The number of nitrogens with zero attached hydrogens (tertiary/aromatic N) is 5. The van der Waals surface area contributed by atoms with E-state index in [1.165, 1.54) is 0 Å². The zero-order valence-electron chi connectivity index (χ0n) is 17.7. The SMILES string of the molecule is N#CCCn1nc(N2CCC(Oc3ccccc3Cl)CC2)c(=O)n(CCCC(F)(F)F)c1=O. The molecule has 1 fully saturated rings. The number of ether oxygens (including phenoxy) is 1. The van der Waals surface area contributed by atoms with E-state index in [4.69, 9.17) is 21.6 Å². The fourth-order valence-electron chi connectivity index (χ4n) is 3.59. The Morgan fingerprint density at radius 2 is 1.88 bits per heavy atom. The van der Waals surface area contributed by atoms with Crippen LogP contribution in [-0.4, -0.2) is 39.7 Å². The van der Waals surface area contributed by atoms with Gasteiger partial charge in [0.25, 0.3) is 5.56 Å². The molecular weight excluding hydrogens is 463 g/mol. The minimum absolute atomic E-state index is 0.0178. The van der Waals surface area contributed by atoms with E-state index in [0.29, 0.717) is 36.7 Å². The van der Waals surface area contributed by atoms with Crippen molar-refractivity contribution in [3.63, 3.8) is 0 Å². The maximum Gasteiger partial charge on any atom is 0.389 e. The number of halogens is 4. The predicted molar refractivity (Wildman–Crippen MR) is 116 cm³/mol. The van der Waals surface area contributed by atoms with E-state index in [1.54, 1.807) is 23.1 Å². The van der Waals surface area contributed by atoms with Crippen molar-refractivity contribution in [2.45, 2.75) is 57.5 Å². The Morgan fingerprint density at radius 3 is 2.52 bits per heavy atom. The van der Waals surface area contributed by atoms with Crippen molar-refractivity contribution in [1.82, 2.24) is 14.3 Å². The number of alkyl halides is 3. The van der Waals surface area contributed by atoms with Crippen LogP contribution < -0.4 is 20.9 Å². The van der Waals surface area contributed by atoms with Crippen LogP contribution in [-0.2, 0) is 13.1 Å². The second kappa shape index (κ2) is 10.7. The third kappa shape index (κ3) is 6.51. The van der Waals surface area contributed by atoms with Gasteiger partial charge < -0.3 is 9.64 Å².